The molecule has 0 radical (unpaired) electrons. The third-order valence-corrected chi connectivity index (χ3v) is 22.8. The van der Waals surface area contributed by atoms with E-state index in [0.29, 0.717) is 0 Å². The van der Waals surface area contributed by atoms with Gasteiger partial charge in [0.05, 0.1) is 111 Å². The highest BCUT2D eigenvalue weighted by Gasteiger charge is 2.22. The van der Waals surface area contributed by atoms with Crippen molar-refractivity contribution in [2.45, 2.75) is 0 Å². The molecule has 0 aliphatic heterocycles. The molecule has 0 aliphatic rings. The molecule has 14 aromatic carbocycles. The van der Waals surface area contributed by atoms with E-state index in [1.54, 1.807) is 0 Å². The van der Waals surface area contributed by atoms with Crippen LogP contribution >= 0.6 is 0 Å². The maximum absolute atomic E-state index is 5.35. The topological polar surface area (TPSA) is 129 Å². The summed E-state index contributed by atoms with van der Waals surface area (Å²) in [5.74, 6) is 0. The van der Waals surface area contributed by atoms with Gasteiger partial charge in [-0.05, 0) is 101 Å². The molecule has 0 unspecified atom stereocenters. The number of rotatable bonds is 8. The van der Waals surface area contributed by atoms with Gasteiger partial charge in [0.25, 0.3) is 0 Å². The summed E-state index contributed by atoms with van der Waals surface area (Å²) in [5, 5.41) is 15.1. The molecule has 24 aromatic rings. The molecule has 0 spiro atoms. The predicted octanol–water partition coefficient (Wildman–Crippen LogP) is 26.8. The summed E-state index contributed by atoms with van der Waals surface area (Å²) in [6.45, 7) is 0. The molecule has 0 aliphatic carbocycles. The van der Waals surface area contributed by atoms with Crippen LogP contribution in [0.4, 0.5) is 0 Å². The number of pyridine rings is 10. The van der Waals surface area contributed by atoms with Gasteiger partial charge in [-0.25, -0.2) is 49.8 Å². The summed E-state index contributed by atoms with van der Waals surface area (Å²) >= 11 is 0. The monoisotopic (exact) mass is 1470 g/mol. The first-order valence-electron chi connectivity index (χ1n) is 39.0. The zero-order valence-electron chi connectivity index (χ0n) is 62.3. The lowest BCUT2D eigenvalue weighted by Crippen LogP contribution is -1.95. The lowest BCUT2D eigenvalue weighted by Gasteiger charge is -2.14. The summed E-state index contributed by atoms with van der Waals surface area (Å²) in [6, 6.07) is 131. The van der Waals surface area contributed by atoms with E-state index in [4.69, 9.17) is 49.8 Å². The summed E-state index contributed by atoms with van der Waals surface area (Å²) in [6.07, 6.45) is 0. The largest absolute Gasteiger partial charge is 0.246 e. The summed E-state index contributed by atoms with van der Waals surface area (Å²) < 4.78 is 0. The minimum absolute atomic E-state index is 0.798. The fraction of sp³-hybridized carbons (Fsp3) is 0. The number of benzene rings is 14. The third-order valence-electron chi connectivity index (χ3n) is 22.8. The number of hydrogen-bond donors (Lipinski definition) is 0. The quantitative estimate of drug-likeness (QED) is 0.107. The molecule has 10 heterocycles. The van der Waals surface area contributed by atoms with E-state index in [1.165, 1.54) is 22.3 Å². The van der Waals surface area contributed by atoms with Crippen molar-refractivity contribution < 1.29 is 0 Å². The molecular formula is C106H62N10. The standard InChI is InChI=1S/2C53H31N5/c1-3-12-32(13-4-1)48-38-16-7-9-19-43(38)56-52-40(48)26-22-34-24-29-45(55-50(34)52)36-18-11-21-42-37(36)28-31-46(54-42)47-30-25-35-23-27-41-49(33-14-5-2-6-15-33)39-17-8-10-20-44(39)57-53(41)51(35)58-47;1-3-11-33(12-4-1)48-38-15-7-9-17-43(38)56-52-40(48)26-21-35-24-28-42(55-50(35)52)37-20-19-32-23-29-45(54-47(32)31-37)46-30-25-36-22-27-41-49(34-13-5-2-6-14-34)39-16-8-10-18-44(39)57-53(41)51(36)58-46/h2*1-31H. The molecule has 0 bridgehead atoms. The Morgan fingerprint density at radius 3 is 0.793 bits per heavy atom. The van der Waals surface area contributed by atoms with Gasteiger partial charge in [0.15, 0.2) is 0 Å². The minimum Gasteiger partial charge on any atom is -0.246 e. The molecule has 0 N–H and O–H groups in total. The molecule has 0 atom stereocenters. The maximum Gasteiger partial charge on any atom is 0.0978 e. The first-order chi connectivity index (χ1) is 57.5. The minimum atomic E-state index is 0.798. The van der Waals surface area contributed by atoms with Gasteiger partial charge in [0.1, 0.15) is 0 Å². The predicted molar refractivity (Wildman–Crippen MR) is 479 cm³/mol. The number of aromatic nitrogens is 10. The molecule has 0 amide bonds. The lowest BCUT2D eigenvalue weighted by atomic mass is 9.95. The highest BCUT2D eigenvalue weighted by molar-refractivity contribution is 6.21. The van der Waals surface area contributed by atoms with Crippen LogP contribution in [0.2, 0.25) is 0 Å². The van der Waals surface area contributed by atoms with E-state index in [-0.39, 0.29) is 0 Å². The fourth-order valence-corrected chi connectivity index (χ4v) is 17.3. The molecule has 536 valence electrons. The number of fused-ring (bicyclic) bond motifs is 18. The SMILES string of the molecule is c1ccc(-c2c3ccccc3nc3c2ccc2ccc(-c4ccc5c(-c6ccc7ccc8c(-c9ccccc9)c9ccccc9nc8c7n6)cccc5n4)nc23)cc1.c1ccc(-c2c3ccccc3nc3c2ccc2ccc(-c4ccc5ccc(-c6ccc7ccc8c(-c9ccccc9)c9ccccc9nc8c7n6)nc5c4)nc23)cc1. The second-order valence-corrected chi connectivity index (χ2v) is 29.6. The van der Waals surface area contributed by atoms with Gasteiger partial charge in [0, 0.05) is 109 Å². The van der Waals surface area contributed by atoms with Gasteiger partial charge in [-0.15, -0.1) is 0 Å². The normalized spacial score (nSPS) is 11.8. The average Bonchev–Trinajstić information content (AvgIpc) is 0.752. The Morgan fingerprint density at radius 1 is 0.129 bits per heavy atom. The highest BCUT2D eigenvalue weighted by atomic mass is 14.8. The molecule has 116 heavy (non-hydrogen) atoms. The van der Waals surface area contributed by atoms with Crippen molar-refractivity contribution in [2.24, 2.45) is 0 Å². The molecule has 10 aromatic heterocycles. The van der Waals surface area contributed by atoms with Crippen LogP contribution in [0.1, 0.15) is 0 Å². The number of hydrogen-bond acceptors (Lipinski definition) is 10. The maximum atomic E-state index is 5.35. The molecule has 10 nitrogen and oxygen atoms in total. The van der Waals surface area contributed by atoms with Gasteiger partial charge in [-0.2, -0.15) is 0 Å². The van der Waals surface area contributed by atoms with Crippen LogP contribution in [-0.2, 0) is 0 Å². The average molecular weight is 1480 g/mol. The van der Waals surface area contributed by atoms with Crippen molar-refractivity contribution in [3.8, 4) is 89.8 Å². The highest BCUT2D eigenvalue weighted by Crippen LogP contribution is 2.44. The third kappa shape index (κ3) is 11.1. The van der Waals surface area contributed by atoms with Crippen LogP contribution in [0.25, 0.3) is 242 Å². The van der Waals surface area contributed by atoms with E-state index in [0.717, 1.165) is 220 Å². The smallest absolute Gasteiger partial charge is 0.0978 e. The Bertz CT molecular complexity index is 7680. The van der Waals surface area contributed by atoms with Gasteiger partial charge < -0.3 is 0 Å². The summed E-state index contributed by atoms with van der Waals surface area (Å²) in [5.41, 5.74) is 28.8. The summed E-state index contributed by atoms with van der Waals surface area (Å²) in [7, 11) is 0. The van der Waals surface area contributed by atoms with E-state index in [1.807, 2.05) is 24.3 Å². The zero-order valence-corrected chi connectivity index (χ0v) is 62.3. The van der Waals surface area contributed by atoms with Crippen molar-refractivity contribution in [1.29, 1.82) is 0 Å². The number of para-hydroxylation sites is 4. The molecule has 24 rings (SSSR count). The Hall–Kier alpha value is -15.8. The Labute approximate surface area is 664 Å². The van der Waals surface area contributed by atoms with Crippen molar-refractivity contribution in [2.75, 3.05) is 0 Å². The van der Waals surface area contributed by atoms with Crippen molar-refractivity contribution in [1.82, 2.24) is 49.8 Å². The Kier molecular flexibility index (Phi) is 15.4. The van der Waals surface area contributed by atoms with E-state index in [9.17, 15) is 0 Å². The molecule has 10 heteroatoms. The van der Waals surface area contributed by atoms with Gasteiger partial charge in [-0.1, -0.05) is 297 Å². The molecule has 0 saturated carbocycles. The molecule has 0 fully saturated rings. The lowest BCUT2D eigenvalue weighted by molar-refractivity contribution is 1.32. The molecular weight excluding hydrogens is 1410 g/mol. The fourth-order valence-electron chi connectivity index (χ4n) is 17.3. The van der Waals surface area contributed by atoms with Crippen molar-refractivity contribution in [3.05, 3.63) is 376 Å². The van der Waals surface area contributed by atoms with Gasteiger partial charge in [-0.3, -0.25) is 0 Å². The van der Waals surface area contributed by atoms with Crippen LogP contribution < -0.4 is 0 Å². The van der Waals surface area contributed by atoms with Crippen LogP contribution in [0.3, 0.4) is 0 Å². The first kappa shape index (κ1) is 66.0. The summed E-state index contributed by atoms with van der Waals surface area (Å²) in [4.78, 5) is 52.4. The van der Waals surface area contributed by atoms with Gasteiger partial charge in [0.2, 0.25) is 0 Å². The van der Waals surface area contributed by atoms with Crippen molar-refractivity contribution in [3.63, 3.8) is 0 Å². The Balaban J connectivity index is 0.000000137. The van der Waals surface area contributed by atoms with Gasteiger partial charge >= 0.3 is 0 Å². The van der Waals surface area contributed by atoms with Crippen LogP contribution in [0.5, 0.6) is 0 Å². The van der Waals surface area contributed by atoms with E-state index < -0.39 is 0 Å². The zero-order chi connectivity index (χ0) is 76.3. The first-order valence-corrected chi connectivity index (χ1v) is 39.0. The van der Waals surface area contributed by atoms with Crippen LogP contribution in [0.15, 0.2) is 376 Å². The Morgan fingerprint density at radius 2 is 0.397 bits per heavy atom. The molecule has 0 saturated heterocycles. The van der Waals surface area contributed by atoms with E-state index in [2.05, 4.69) is 352 Å². The van der Waals surface area contributed by atoms with E-state index >= 15 is 0 Å². The van der Waals surface area contributed by atoms with Crippen molar-refractivity contribution >= 4 is 153 Å². The number of nitrogens with zero attached hydrogens (tertiary/aromatic N) is 10. The second kappa shape index (κ2) is 27.0. The van der Waals surface area contributed by atoms with Crippen LogP contribution in [-0.4, -0.2) is 49.8 Å². The second-order valence-electron chi connectivity index (χ2n) is 29.6. The van der Waals surface area contributed by atoms with Crippen LogP contribution in [0, 0.1) is 0 Å².